The van der Waals surface area contributed by atoms with E-state index < -0.39 is 34.5 Å². The van der Waals surface area contributed by atoms with Gasteiger partial charge in [0.25, 0.3) is 0 Å². The Labute approximate surface area is 149 Å². The van der Waals surface area contributed by atoms with Crippen molar-refractivity contribution in [2.75, 3.05) is 0 Å². The Morgan fingerprint density at radius 2 is 1.89 bits per heavy atom. The van der Waals surface area contributed by atoms with Gasteiger partial charge >= 0.3 is 0 Å². The van der Waals surface area contributed by atoms with Gasteiger partial charge in [-0.3, -0.25) is 14.3 Å². The lowest BCUT2D eigenvalue weighted by molar-refractivity contribution is 0.102. The van der Waals surface area contributed by atoms with Crippen LogP contribution in [-0.4, -0.2) is 30.4 Å². The van der Waals surface area contributed by atoms with Gasteiger partial charge in [-0.25, -0.2) is 23.1 Å². The number of phenolic OH excluding ortho intramolecular Hbond substituents is 1. The molecule has 2 aromatic carbocycles. The summed E-state index contributed by atoms with van der Waals surface area (Å²) in [4.78, 5) is 25.0. The van der Waals surface area contributed by atoms with E-state index in [2.05, 4.69) is 15.0 Å². The second-order valence-corrected chi connectivity index (χ2v) is 5.61. The van der Waals surface area contributed by atoms with Crippen LogP contribution in [0.2, 0.25) is 0 Å². The molecule has 0 aliphatic rings. The molecule has 4 rings (SSSR count). The van der Waals surface area contributed by atoms with E-state index in [0.717, 1.165) is 0 Å². The van der Waals surface area contributed by atoms with E-state index >= 15 is 0 Å². The van der Waals surface area contributed by atoms with Crippen LogP contribution in [-0.2, 0) is 0 Å². The summed E-state index contributed by atoms with van der Waals surface area (Å²) in [5, 5.41) is 9.35. The van der Waals surface area contributed by atoms with Gasteiger partial charge in [-0.05, 0) is 18.2 Å². The zero-order valence-electron chi connectivity index (χ0n) is 13.4. The molecule has 0 aliphatic heterocycles. The molecule has 0 fully saturated rings. The van der Waals surface area contributed by atoms with Crippen LogP contribution in [0, 0.1) is 17.5 Å². The molecule has 0 aliphatic carbocycles. The Morgan fingerprint density at radius 3 is 2.63 bits per heavy atom. The number of aromatic hydroxyl groups is 1. The predicted molar refractivity (Wildman–Crippen MR) is 88.1 cm³/mol. The van der Waals surface area contributed by atoms with E-state index in [1.54, 1.807) is 17.0 Å². The maximum absolute atomic E-state index is 14.0. The first-order valence-electron chi connectivity index (χ1n) is 7.62. The van der Waals surface area contributed by atoms with E-state index in [9.17, 15) is 23.1 Å². The largest absolute Gasteiger partial charge is 0.505 e. The number of halogens is 3. The van der Waals surface area contributed by atoms with Crippen LogP contribution in [0.25, 0.3) is 16.9 Å². The number of aromatic nitrogens is 4. The first kappa shape index (κ1) is 16.7. The van der Waals surface area contributed by atoms with Gasteiger partial charge in [0.1, 0.15) is 11.9 Å². The van der Waals surface area contributed by atoms with Gasteiger partial charge in [0.05, 0.1) is 17.2 Å². The van der Waals surface area contributed by atoms with Crippen molar-refractivity contribution in [1.29, 1.82) is 0 Å². The Morgan fingerprint density at radius 1 is 1.07 bits per heavy atom. The molecule has 0 unspecified atom stereocenters. The predicted octanol–water partition coefficient (Wildman–Crippen LogP) is 3.17. The molecule has 0 saturated heterocycles. The van der Waals surface area contributed by atoms with E-state index in [0.29, 0.717) is 11.3 Å². The SMILES string of the molecule is O=C(c1ccc2ncc(-n3ccnc3)nc2c1)c1c(F)c(O)cc(F)c1F. The van der Waals surface area contributed by atoms with Crippen LogP contribution in [0.5, 0.6) is 5.75 Å². The second-order valence-electron chi connectivity index (χ2n) is 5.61. The number of benzene rings is 2. The monoisotopic (exact) mass is 370 g/mol. The molecule has 1 N–H and O–H groups in total. The van der Waals surface area contributed by atoms with Gasteiger partial charge in [-0.15, -0.1) is 0 Å². The number of imidazole rings is 1. The van der Waals surface area contributed by atoms with Crippen molar-refractivity contribution in [2.24, 2.45) is 0 Å². The normalized spacial score (nSPS) is 11.1. The number of hydrogen-bond acceptors (Lipinski definition) is 5. The van der Waals surface area contributed by atoms with Gasteiger partial charge in [-0.2, -0.15) is 0 Å². The fourth-order valence-electron chi connectivity index (χ4n) is 2.60. The Balaban J connectivity index is 1.84. The highest BCUT2D eigenvalue weighted by Gasteiger charge is 2.25. The van der Waals surface area contributed by atoms with Crippen LogP contribution in [0.15, 0.2) is 49.2 Å². The summed E-state index contributed by atoms with van der Waals surface area (Å²) in [6, 6.07) is 4.29. The minimum Gasteiger partial charge on any atom is -0.505 e. The molecule has 134 valence electrons. The number of carbonyl (C=O) groups is 1. The standard InChI is InChI=1S/C18H9F3N4O2/c19-10-6-13(26)17(21)15(16(10)20)18(27)9-1-2-11-12(5-9)24-14(7-23-11)25-4-3-22-8-25/h1-8,26H. The number of phenols is 1. The summed E-state index contributed by atoms with van der Waals surface area (Å²) in [7, 11) is 0. The summed E-state index contributed by atoms with van der Waals surface area (Å²) >= 11 is 0. The van der Waals surface area contributed by atoms with Crippen molar-refractivity contribution in [2.45, 2.75) is 0 Å². The van der Waals surface area contributed by atoms with Gasteiger partial charge in [-0.1, -0.05) is 0 Å². The highest BCUT2D eigenvalue weighted by molar-refractivity contribution is 6.10. The quantitative estimate of drug-likeness (QED) is 0.443. The fourth-order valence-corrected chi connectivity index (χ4v) is 2.60. The third-order valence-corrected chi connectivity index (χ3v) is 3.92. The molecular formula is C18H9F3N4O2. The van der Waals surface area contributed by atoms with E-state index in [1.807, 2.05) is 0 Å². The third kappa shape index (κ3) is 2.78. The smallest absolute Gasteiger partial charge is 0.199 e. The molecule has 0 atom stereocenters. The van der Waals surface area contributed by atoms with Crippen molar-refractivity contribution >= 4 is 16.8 Å². The molecule has 0 radical (unpaired) electrons. The van der Waals surface area contributed by atoms with E-state index in [1.165, 1.54) is 30.7 Å². The number of fused-ring (bicyclic) bond motifs is 1. The summed E-state index contributed by atoms with van der Waals surface area (Å²) in [6.07, 6.45) is 6.19. The molecule has 0 amide bonds. The van der Waals surface area contributed by atoms with Gasteiger partial charge in [0, 0.05) is 24.0 Å². The number of ketones is 1. The van der Waals surface area contributed by atoms with Gasteiger partial charge in [0.2, 0.25) is 0 Å². The topological polar surface area (TPSA) is 80.9 Å². The fraction of sp³-hybridized carbons (Fsp3) is 0. The molecule has 4 aromatic rings. The van der Waals surface area contributed by atoms with Gasteiger partial charge in [0.15, 0.2) is 34.8 Å². The van der Waals surface area contributed by atoms with E-state index in [4.69, 9.17) is 0 Å². The molecule has 2 heterocycles. The highest BCUT2D eigenvalue weighted by Crippen LogP contribution is 2.27. The average Bonchev–Trinajstić information content (AvgIpc) is 3.20. The molecule has 27 heavy (non-hydrogen) atoms. The molecule has 6 nitrogen and oxygen atoms in total. The minimum atomic E-state index is -1.67. The molecular weight excluding hydrogens is 361 g/mol. The van der Waals surface area contributed by atoms with Crippen molar-refractivity contribution in [3.8, 4) is 11.6 Å². The highest BCUT2D eigenvalue weighted by atomic mass is 19.2. The molecule has 0 spiro atoms. The van der Waals surface area contributed by atoms with Crippen LogP contribution < -0.4 is 0 Å². The number of carbonyl (C=O) groups excluding carboxylic acids is 1. The van der Waals surface area contributed by atoms with Crippen molar-refractivity contribution < 1.29 is 23.1 Å². The summed E-state index contributed by atoms with van der Waals surface area (Å²) in [5.41, 5.74) is -0.583. The van der Waals surface area contributed by atoms with Crippen molar-refractivity contribution in [3.63, 3.8) is 0 Å². The maximum atomic E-state index is 14.0. The summed E-state index contributed by atoms with van der Waals surface area (Å²) in [5.74, 6) is -6.59. The van der Waals surface area contributed by atoms with Gasteiger partial charge < -0.3 is 5.11 Å². The number of hydrogen-bond donors (Lipinski definition) is 1. The molecule has 0 saturated carbocycles. The Bertz CT molecular complexity index is 1170. The van der Waals surface area contributed by atoms with Crippen LogP contribution >= 0.6 is 0 Å². The van der Waals surface area contributed by atoms with E-state index in [-0.39, 0.29) is 17.1 Å². The molecule has 2 aromatic heterocycles. The van der Waals surface area contributed by atoms with Crippen LogP contribution in [0.4, 0.5) is 13.2 Å². The minimum absolute atomic E-state index is 0.137. The number of rotatable bonds is 3. The maximum Gasteiger partial charge on any atom is 0.199 e. The first-order valence-corrected chi connectivity index (χ1v) is 7.62. The Hall–Kier alpha value is -3.75. The molecule has 0 bridgehead atoms. The Kier molecular flexibility index (Phi) is 3.84. The zero-order valence-corrected chi connectivity index (χ0v) is 13.4. The lowest BCUT2D eigenvalue weighted by Gasteiger charge is -2.08. The zero-order chi connectivity index (χ0) is 19.1. The summed E-state index contributed by atoms with van der Waals surface area (Å²) < 4.78 is 43.0. The second kappa shape index (κ2) is 6.20. The third-order valence-electron chi connectivity index (χ3n) is 3.92. The van der Waals surface area contributed by atoms with Crippen molar-refractivity contribution in [3.05, 3.63) is 77.8 Å². The lowest BCUT2D eigenvalue weighted by atomic mass is 10.0. The first-order chi connectivity index (χ1) is 13.0. The van der Waals surface area contributed by atoms with Crippen molar-refractivity contribution in [1.82, 2.24) is 19.5 Å². The number of nitrogens with zero attached hydrogens (tertiary/aromatic N) is 4. The van der Waals surface area contributed by atoms with Crippen LogP contribution in [0.1, 0.15) is 15.9 Å². The van der Waals surface area contributed by atoms with Crippen LogP contribution in [0.3, 0.4) is 0 Å². The lowest BCUT2D eigenvalue weighted by Crippen LogP contribution is -2.10. The average molecular weight is 370 g/mol. The molecule has 9 heteroatoms. The summed E-state index contributed by atoms with van der Waals surface area (Å²) in [6.45, 7) is 0.